The van der Waals surface area contributed by atoms with Crippen molar-refractivity contribution in [2.45, 2.75) is 26.7 Å². The van der Waals surface area contributed by atoms with Gasteiger partial charge in [0.1, 0.15) is 0 Å². The summed E-state index contributed by atoms with van der Waals surface area (Å²) < 4.78 is 5.31. The molecule has 1 heterocycles. The molecule has 2 amide bonds. The van der Waals surface area contributed by atoms with Gasteiger partial charge in [-0.25, -0.2) is 0 Å². The highest BCUT2D eigenvalue weighted by atomic mass is 16.5. The van der Waals surface area contributed by atoms with Crippen molar-refractivity contribution in [2.75, 3.05) is 31.6 Å². The minimum atomic E-state index is -0.126. The molecule has 3 rings (SSSR count). The van der Waals surface area contributed by atoms with Crippen LogP contribution < -0.4 is 5.32 Å². The lowest BCUT2D eigenvalue weighted by atomic mass is 10.0. The molecule has 0 saturated carbocycles. The predicted octanol–water partition coefficient (Wildman–Crippen LogP) is 3.54. The molecule has 2 aromatic carbocycles. The predicted molar refractivity (Wildman–Crippen MR) is 110 cm³/mol. The van der Waals surface area contributed by atoms with Gasteiger partial charge in [0.05, 0.1) is 30.9 Å². The Morgan fingerprint density at radius 3 is 2.32 bits per heavy atom. The van der Waals surface area contributed by atoms with Crippen molar-refractivity contribution in [3.05, 3.63) is 65.2 Å². The molecule has 0 radical (unpaired) electrons. The number of hydrogen-bond donors (Lipinski definition) is 1. The summed E-state index contributed by atoms with van der Waals surface area (Å²) in [6.45, 7) is 6.63. The molecule has 0 aromatic heterocycles. The highest BCUT2D eigenvalue weighted by Gasteiger charge is 2.21. The Morgan fingerprint density at radius 1 is 1.00 bits per heavy atom. The zero-order valence-corrected chi connectivity index (χ0v) is 16.6. The molecule has 0 unspecified atom stereocenters. The molecule has 1 fully saturated rings. The van der Waals surface area contributed by atoms with E-state index in [9.17, 15) is 9.59 Å². The fraction of sp³-hybridized carbons (Fsp3) is 0.391. The lowest BCUT2D eigenvalue weighted by molar-refractivity contribution is -0.115. The monoisotopic (exact) mass is 380 g/mol. The van der Waals surface area contributed by atoms with Gasteiger partial charge in [0.25, 0.3) is 5.91 Å². The molecule has 28 heavy (non-hydrogen) atoms. The molecule has 5 nitrogen and oxygen atoms in total. The molecule has 2 aromatic rings. The number of ether oxygens (including phenoxy) is 1. The smallest absolute Gasteiger partial charge is 0.256 e. The van der Waals surface area contributed by atoms with Crippen LogP contribution in [0.2, 0.25) is 0 Å². The van der Waals surface area contributed by atoms with Crippen LogP contribution >= 0.6 is 0 Å². The van der Waals surface area contributed by atoms with Crippen LogP contribution in [-0.2, 0) is 22.4 Å². The van der Waals surface area contributed by atoms with Gasteiger partial charge in [0.15, 0.2) is 0 Å². The Hall–Kier alpha value is -2.66. The Morgan fingerprint density at radius 2 is 1.64 bits per heavy atom. The third-order valence-corrected chi connectivity index (χ3v) is 4.76. The average Bonchev–Trinajstić information content (AvgIpc) is 2.69. The number of hydrogen-bond acceptors (Lipinski definition) is 3. The lowest BCUT2D eigenvalue weighted by Crippen LogP contribution is -2.41. The van der Waals surface area contributed by atoms with Crippen LogP contribution in [-0.4, -0.2) is 43.0 Å². The molecule has 1 N–H and O–H groups in total. The van der Waals surface area contributed by atoms with Crippen molar-refractivity contribution < 1.29 is 14.3 Å². The Bertz CT molecular complexity index is 809. The second-order valence-electron chi connectivity index (χ2n) is 7.59. The largest absolute Gasteiger partial charge is 0.378 e. The van der Waals surface area contributed by atoms with E-state index in [1.807, 2.05) is 24.3 Å². The van der Waals surface area contributed by atoms with Gasteiger partial charge in [-0.05, 0) is 35.6 Å². The lowest BCUT2D eigenvalue weighted by Gasteiger charge is -2.27. The molecule has 0 atom stereocenters. The van der Waals surface area contributed by atoms with E-state index < -0.39 is 0 Å². The molecule has 1 aliphatic rings. The van der Waals surface area contributed by atoms with Crippen molar-refractivity contribution in [2.24, 2.45) is 5.92 Å². The number of morpholine rings is 1. The second-order valence-corrected chi connectivity index (χ2v) is 7.59. The van der Waals surface area contributed by atoms with E-state index in [-0.39, 0.29) is 18.2 Å². The van der Waals surface area contributed by atoms with Crippen molar-refractivity contribution in [1.82, 2.24) is 4.90 Å². The van der Waals surface area contributed by atoms with Gasteiger partial charge in [-0.3, -0.25) is 9.59 Å². The molecule has 0 aliphatic carbocycles. The highest BCUT2D eigenvalue weighted by Crippen LogP contribution is 2.19. The summed E-state index contributed by atoms with van der Waals surface area (Å²) in [5.74, 6) is 0.408. The SMILES string of the molecule is CC(C)Cc1ccc(CC(=O)Nc2ccccc2C(=O)N2CCOCC2)cc1. The first kappa shape index (κ1) is 20.1. The maximum Gasteiger partial charge on any atom is 0.256 e. The first-order chi connectivity index (χ1) is 13.5. The minimum absolute atomic E-state index is 0.0720. The van der Waals surface area contributed by atoms with Crippen molar-refractivity contribution >= 4 is 17.5 Å². The first-order valence-electron chi connectivity index (χ1n) is 9.86. The number of carbonyl (C=O) groups excluding carboxylic acids is 2. The maximum atomic E-state index is 12.8. The van der Waals surface area contributed by atoms with Gasteiger partial charge < -0.3 is 15.0 Å². The number of carbonyl (C=O) groups is 2. The maximum absolute atomic E-state index is 12.8. The fourth-order valence-corrected chi connectivity index (χ4v) is 3.36. The summed E-state index contributed by atoms with van der Waals surface area (Å²) in [6.07, 6.45) is 1.31. The third-order valence-electron chi connectivity index (χ3n) is 4.76. The Kier molecular flexibility index (Phi) is 6.82. The van der Waals surface area contributed by atoms with Crippen molar-refractivity contribution in [3.63, 3.8) is 0 Å². The summed E-state index contributed by atoms with van der Waals surface area (Å²) in [5, 5.41) is 2.91. The second kappa shape index (κ2) is 9.51. The van der Waals surface area contributed by atoms with Crippen LogP contribution in [0.15, 0.2) is 48.5 Å². The number of para-hydroxylation sites is 1. The summed E-state index contributed by atoms with van der Waals surface area (Å²) in [6, 6.07) is 15.3. The normalized spacial score (nSPS) is 14.2. The van der Waals surface area contributed by atoms with Crippen molar-refractivity contribution in [3.8, 4) is 0 Å². The highest BCUT2D eigenvalue weighted by molar-refractivity contribution is 6.04. The zero-order chi connectivity index (χ0) is 19.9. The van der Waals surface area contributed by atoms with Crippen LogP contribution in [0.25, 0.3) is 0 Å². The number of anilines is 1. The quantitative estimate of drug-likeness (QED) is 0.834. The van der Waals surface area contributed by atoms with Crippen LogP contribution in [0.1, 0.15) is 35.3 Å². The minimum Gasteiger partial charge on any atom is -0.378 e. The van der Waals surface area contributed by atoms with E-state index in [1.54, 1.807) is 17.0 Å². The van der Waals surface area contributed by atoms with Crippen LogP contribution in [0, 0.1) is 5.92 Å². The number of amides is 2. The number of nitrogens with one attached hydrogen (secondary N) is 1. The average molecular weight is 380 g/mol. The molecule has 5 heteroatoms. The van der Waals surface area contributed by atoms with Gasteiger partial charge in [-0.15, -0.1) is 0 Å². The molecule has 1 saturated heterocycles. The standard InChI is InChI=1S/C23H28N2O3/c1-17(2)15-18-7-9-19(10-8-18)16-22(26)24-21-6-4-3-5-20(21)23(27)25-11-13-28-14-12-25/h3-10,17H,11-16H2,1-2H3,(H,24,26). The van der Waals surface area contributed by atoms with Gasteiger partial charge in [0, 0.05) is 13.1 Å². The molecular weight excluding hydrogens is 352 g/mol. The van der Waals surface area contributed by atoms with Gasteiger partial charge in [-0.2, -0.15) is 0 Å². The summed E-state index contributed by atoms with van der Waals surface area (Å²) in [4.78, 5) is 27.1. The van der Waals surface area contributed by atoms with Gasteiger partial charge in [0.2, 0.25) is 5.91 Å². The number of rotatable bonds is 6. The zero-order valence-electron chi connectivity index (χ0n) is 16.6. The Labute approximate surface area is 166 Å². The van der Waals surface area contributed by atoms with E-state index in [2.05, 4.69) is 31.3 Å². The van der Waals surface area contributed by atoms with Gasteiger partial charge in [-0.1, -0.05) is 50.2 Å². The summed E-state index contributed by atoms with van der Waals surface area (Å²) in [7, 11) is 0. The van der Waals surface area contributed by atoms with E-state index in [1.165, 1.54) is 5.56 Å². The van der Waals surface area contributed by atoms with E-state index in [4.69, 9.17) is 4.74 Å². The molecule has 0 bridgehead atoms. The fourth-order valence-electron chi connectivity index (χ4n) is 3.36. The first-order valence-corrected chi connectivity index (χ1v) is 9.86. The molecule has 1 aliphatic heterocycles. The number of nitrogens with zero attached hydrogens (tertiary/aromatic N) is 1. The van der Waals surface area contributed by atoms with E-state index in [0.29, 0.717) is 43.5 Å². The van der Waals surface area contributed by atoms with Crippen molar-refractivity contribution in [1.29, 1.82) is 0 Å². The number of benzene rings is 2. The third kappa shape index (κ3) is 5.42. The molecule has 0 spiro atoms. The molecule has 148 valence electrons. The van der Waals surface area contributed by atoms with E-state index in [0.717, 1.165) is 12.0 Å². The van der Waals surface area contributed by atoms with E-state index >= 15 is 0 Å². The Balaban J connectivity index is 1.65. The topological polar surface area (TPSA) is 58.6 Å². The molecular formula is C23H28N2O3. The van der Waals surface area contributed by atoms with Crippen LogP contribution in [0.5, 0.6) is 0 Å². The van der Waals surface area contributed by atoms with Crippen LogP contribution in [0.4, 0.5) is 5.69 Å². The summed E-state index contributed by atoms with van der Waals surface area (Å²) in [5.41, 5.74) is 3.31. The van der Waals surface area contributed by atoms with Gasteiger partial charge >= 0.3 is 0 Å². The van der Waals surface area contributed by atoms with Crippen LogP contribution in [0.3, 0.4) is 0 Å². The summed E-state index contributed by atoms with van der Waals surface area (Å²) >= 11 is 0.